The largest absolute Gasteiger partial charge is 0.321 e. The minimum absolute atomic E-state index is 0.280. The fourth-order valence-corrected chi connectivity index (χ4v) is 1.43. The summed E-state index contributed by atoms with van der Waals surface area (Å²) in [6.07, 6.45) is 3.27. The van der Waals surface area contributed by atoms with Crippen molar-refractivity contribution in [3.63, 3.8) is 0 Å². The number of anilines is 1. The zero-order valence-corrected chi connectivity index (χ0v) is 9.27. The summed E-state index contributed by atoms with van der Waals surface area (Å²) in [6, 6.07) is 7.20. The van der Waals surface area contributed by atoms with E-state index >= 15 is 0 Å². The average Bonchev–Trinajstić information content (AvgIpc) is 2.29. The molecule has 0 saturated heterocycles. The highest BCUT2D eigenvalue weighted by Crippen LogP contribution is 2.10. The predicted molar refractivity (Wildman–Crippen MR) is 63.3 cm³/mol. The molecule has 17 heavy (non-hydrogen) atoms. The summed E-state index contributed by atoms with van der Waals surface area (Å²) in [5.74, 6) is -0.642. The molecule has 1 aromatic heterocycles. The van der Waals surface area contributed by atoms with Crippen molar-refractivity contribution in [3.05, 3.63) is 59.7 Å². The lowest BCUT2D eigenvalue weighted by molar-refractivity contribution is 0.102. The lowest BCUT2D eigenvalue weighted by Crippen LogP contribution is -2.12. The van der Waals surface area contributed by atoms with Gasteiger partial charge in [0.25, 0.3) is 5.91 Å². The zero-order chi connectivity index (χ0) is 12.3. The van der Waals surface area contributed by atoms with Crippen LogP contribution in [0.5, 0.6) is 0 Å². The Morgan fingerprint density at radius 3 is 2.59 bits per heavy atom. The number of benzene rings is 1. The predicted octanol–water partition coefficient (Wildman–Crippen LogP) is 2.78. The molecule has 0 aliphatic heterocycles. The van der Waals surface area contributed by atoms with E-state index in [1.165, 1.54) is 24.3 Å². The SMILES string of the molecule is Cc1cncc(NC(=O)c2ccc(F)cc2)c1. The van der Waals surface area contributed by atoms with Gasteiger partial charge in [0.1, 0.15) is 5.82 Å². The first kappa shape index (κ1) is 11.3. The van der Waals surface area contributed by atoms with Gasteiger partial charge < -0.3 is 5.32 Å². The van der Waals surface area contributed by atoms with Gasteiger partial charge in [0.15, 0.2) is 0 Å². The van der Waals surface area contributed by atoms with Crippen LogP contribution in [0, 0.1) is 12.7 Å². The highest BCUT2D eigenvalue weighted by atomic mass is 19.1. The standard InChI is InChI=1S/C13H11FN2O/c1-9-6-12(8-15-7-9)16-13(17)10-2-4-11(14)5-3-10/h2-8H,1H3,(H,16,17). The Labute approximate surface area is 98.3 Å². The second kappa shape index (κ2) is 4.74. The fourth-order valence-electron chi connectivity index (χ4n) is 1.43. The van der Waals surface area contributed by atoms with Crippen LogP contribution in [0.4, 0.5) is 10.1 Å². The summed E-state index contributed by atoms with van der Waals surface area (Å²) in [7, 11) is 0. The quantitative estimate of drug-likeness (QED) is 0.861. The number of amides is 1. The van der Waals surface area contributed by atoms with Crippen molar-refractivity contribution < 1.29 is 9.18 Å². The van der Waals surface area contributed by atoms with Gasteiger partial charge in [-0.1, -0.05) is 0 Å². The van der Waals surface area contributed by atoms with Gasteiger partial charge in [-0.05, 0) is 42.8 Å². The molecule has 1 amide bonds. The minimum Gasteiger partial charge on any atom is -0.321 e. The molecular formula is C13H11FN2O. The van der Waals surface area contributed by atoms with Crippen molar-refractivity contribution in [2.75, 3.05) is 5.32 Å². The number of carbonyl (C=O) groups excluding carboxylic acids is 1. The van der Waals surface area contributed by atoms with Crippen molar-refractivity contribution in [1.29, 1.82) is 0 Å². The normalized spacial score (nSPS) is 10.0. The van der Waals surface area contributed by atoms with E-state index < -0.39 is 0 Å². The zero-order valence-electron chi connectivity index (χ0n) is 9.27. The van der Waals surface area contributed by atoms with E-state index in [0.29, 0.717) is 11.3 Å². The van der Waals surface area contributed by atoms with Gasteiger partial charge >= 0.3 is 0 Å². The van der Waals surface area contributed by atoms with Gasteiger partial charge in [0.2, 0.25) is 0 Å². The van der Waals surface area contributed by atoms with E-state index in [0.717, 1.165) is 5.56 Å². The molecule has 3 nitrogen and oxygen atoms in total. The summed E-state index contributed by atoms with van der Waals surface area (Å²) in [6.45, 7) is 1.89. The van der Waals surface area contributed by atoms with Crippen LogP contribution < -0.4 is 5.32 Å². The molecule has 1 aromatic carbocycles. The number of halogens is 1. The summed E-state index contributed by atoms with van der Waals surface area (Å²) < 4.78 is 12.7. The minimum atomic E-state index is -0.362. The highest BCUT2D eigenvalue weighted by Gasteiger charge is 2.06. The molecule has 2 rings (SSSR count). The first-order chi connectivity index (χ1) is 8.15. The Balaban J connectivity index is 2.14. The van der Waals surface area contributed by atoms with Crippen LogP contribution in [0.3, 0.4) is 0 Å². The number of aromatic nitrogens is 1. The Morgan fingerprint density at radius 2 is 1.94 bits per heavy atom. The van der Waals surface area contributed by atoms with Gasteiger partial charge in [0, 0.05) is 11.8 Å². The third-order valence-electron chi connectivity index (χ3n) is 2.24. The van der Waals surface area contributed by atoms with Crippen molar-refractivity contribution in [3.8, 4) is 0 Å². The third-order valence-corrected chi connectivity index (χ3v) is 2.24. The highest BCUT2D eigenvalue weighted by molar-refractivity contribution is 6.04. The smallest absolute Gasteiger partial charge is 0.255 e. The molecule has 0 unspecified atom stereocenters. The molecule has 1 heterocycles. The molecule has 0 aliphatic rings. The molecule has 0 saturated carbocycles. The van der Waals surface area contributed by atoms with Gasteiger partial charge in [0.05, 0.1) is 11.9 Å². The lowest BCUT2D eigenvalue weighted by Gasteiger charge is -2.05. The maximum Gasteiger partial charge on any atom is 0.255 e. The van der Waals surface area contributed by atoms with E-state index in [1.54, 1.807) is 12.4 Å². The van der Waals surface area contributed by atoms with E-state index in [1.807, 2.05) is 13.0 Å². The van der Waals surface area contributed by atoms with E-state index in [2.05, 4.69) is 10.3 Å². The second-order valence-corrected chi connectivity index (χ2v) is 3.71. The molecule has 2 aromatic rings. The van der Waals surface area contributed by atoms with Gasteiger partial charge in [-0.15, -0.1) is 0 Å². The molecule has 86 valence electrons. The number of nitrogens with one attached hydrogen (secondary N) is 1. The topological polar surface area (TPSA) is 42.0 Å². The summed E-state index contributed by atoms with van der Waals surface area (Å²) >= 11 is 0. The number of carbonyl (C=O) groups is 1. The maximum atomic E-state index is 12.7. The second-order valence-electron chi connectivity index (χ2n) is 3.71. The average molecular weight is 230 g/mol. The third kappa shape index (κ3) is 2.87. The first-order valence-electron chi connectivity index (χ1n) is 5.14. The Morgan fingerprint density at radius 1 is 1.24 bits per heavy atom. The number of rotatable bonds is 2. The number of hydrogen-bond donors (Lipinski definition) is 1. The van der Waals surface area contributed by atoms with Crippen molar-refractivity contribution in [2.45, 2.75) is 6.92 Å². The molecule has 0 spiro atoms. The molecule has 0 bridgehead atoms. The number of aryl methyl sites for hydroxylation is 1. The van der Waals surface area contributed by atoms with E-state index in [4.69, 9.17) is 0 Å². The van der Waals surface area contributed by atoms with Crippen molar-refractivity contribution >= 4 is 11.6 Å². The van der Waals surface area contributed by atoms with Crippen LogP contribution in [0.1, 0.15) is 15.9 Å². The molecule has 0 atom stereocenters. The van der Waals surface area contributed by atoms with Crippen LogP contribution in [-0.4, -0.2) is 10.9 Å². The molecule has 1 N–H and O–H groups in total. The van der Waals surface area contributed by atoms with Crippen LogP contribution in [0.2, 0.25) is 0 Å². The Bertz CT molecular complexity index is 537. The first-order valence-corrected chi connectivity index (χ1v) is 5.14. The number of pyridine rings is 1. The van der Waals surface area contributed by atoms with E-state index in [9.17, 15) is 9.18 Å². The van der Waals surface area contributed by atoms with Crippen molar-refractivity contribution in [2.24, 2.45) is 0 Å². The lowest BCUT2D eigenvalue weighted by atomic mass is 10.2. The molecule has 0 aliphatic carbocycles. The maximum absolute atomic E-state index is 12.7. The summed E-state index contributed by atoms with van der Waals surface area (Å²) in [5, 5.41) is 2.69. The number of nitrogens with zero attached hydrogens (tertiary/aromatic N) is 1. The molecule has 4 heteroatoms. The van der Waals surface area contributed by atoms with E-state index in [-0.39, 0.29) is 11.7 Å². The van der Waals surface area contributed by atoms with Crippen molar-refractivity contribution in [1.82, 2.24) is 4.98 Å². The molecule has 0 fully saturated rings. The Kier molecular flexibility index (Phi) is 3.14. The van der Waals surface area contributed by atoms with Crippen LogP contribution in [0.25, 0.3) is 0 Å². The summed E-state index contributed by atoms with van der Waals surface area (Å²) in [5.41, 5.74) is 1.99. The molecule has 0 radical (unpaired) electrons. The molecular weight excluding hydrogens is 219 g/mol. The summed E-state index contributed by atoms with van der Waals surface area (Å²) in [4.78, 5) is 15.7. The van der Waals surface area contributed by atoms with Crippen LogP contribution in [-0.2, 0) is 0 Å². The monoisotopic (exact) mass is 230 g/mol. The fraction of sp³-hybridized carbons (Fsp3) is 0.0769. The van der Waals surface area contributed by atoms with Gasteiger partial charge in [-0.2, -0.15) is 0 Å². The van der Waals surface area contributed by atoms with Crippen LogP contribution >= 0.6 is 0 Å². The Hall–Kier alpha value is -2.23. The van der Waals surface area contributed by atoms with Gasteiger partial charge in [-0.3, -0.25) is 9.78 Å². The van der Waals surface area contributed by atoms with Gasteiger partial charge in [-0.25, -0.2) is 4.39 Å². The van der Waals surface area contributed by atoms with Crippen LogP contribution in [0.15, 0.2) is 42.7 Å². The number of hydrogen-bond acceptors (Lipinski definition) is 2.